The lowest BCUT2D eigenvalue weighted by Gasteiger charge is -2.39. The van der Waals surface area contributed by atoms with Crippen LogP contribution in [0.1, 0.15) is 0 Å². The van der Waals surface area contributed by atoms with Gasteiger partial charge in [0.05, 0.1) is 19.1 Å². The molecule has 10 heteroatoms. The molecule has 0 aliphatic carbocycles. The first-order valence-corrected chi connectivity index (χ1v) is 10.3. The van der Waals surface area contributed by atoms with Crippen molar-refractivity contribution < 1.29 is 38.7 Å². The Hall–Kier alpha value is -3.41. The molecule has 0 saturated carbocycles. The van der Waals surface area contributed by atoms with E-state index < -0.39 is 37.3 Å². The average Bonchev–Trinajstić information content (AvgIpc) is 3.61. The number of furan rings is 2. The molecule has 172 valence electrons. The summed E-state index contributed by atoms with van der Waals surface area (Å²) >= 11 is 0. The number of aromatic amines is 1. The molecule has 0 bridgehead atoms. The van der Waals surface area contributed by atoms with E-state index in [-0.39, 0.29) is 0 Å². The largest absolute Gasteiger partial charge is 0.463 e. The Balaban J connectivity index is 1.38. The van der Waals surface area contributed by atoms with Crippen LogP contribution in [0.15, 0.2) is 69.9 Å². The number of nitrogens with zero attached hydrogens (tertiary/aromatic N) is 1. The van der Waals surface area contributed by atoms with Crippen molar-refractivity contribution in [3.8, 4) is 40.0 Å². The fourth-order valence-electron chi connectivity index (χ4n) is 3.69. The summed E-state index contributed by atoms with van der Waals surface area (Å²) in [5.74, 6) is 2.13. The fraction of sp³-hybridized carbons (Fsp3) is 0.261. The van der Waals surface area contributed by atoms with Gasteiger partial charge in [-0.1, -0.05) is 0 Å². The van der Waals surface area contributed by atoms with Crippen molar-refractivity contribution in [2.24, 2.45) is 0 Å². The maximum Gasteiger partial charge on any atom is 0.229 e. The van der Waals surface area contributed by atoms with Gasteiger partial charge in [-0.3, -0.25) is 0 Å². The predicted octanol–water partition coefficient (Wildman–Crippen LogP) is 1.78. The third-order valence-corrected chi connectivity index (χ3v) is 5.45. The van der Waals surface area contributed by atoms with Crippen molar-refractivity contribution in [2.75, 3.05) is 6.61 Å². The van der Waals surface area contributed by atoms with E-state index in [1.54, 1.807) is 48.9 Å². The number of nitrogens with one attached hydrogen (secondary N) is 1. The summed E-state index contributed by atoms with van der Waals surface area (Å²) in [6.45, 7) is -0.530. The van der Waals surface area contributed by atoms with Crippen LogP contribution < -0.4 is 4.74 Å². The Labute approximate surface area is 187 Å². The van der Waals surface area contributed by atoms with Crippen molar-refractivity contribution in [1.82, 2.24) is 9.97 Å². The van der Waals surface area contributed by atoms with E-state index in [1.165, 1.54) is 0 Å². The van der Waals surface area contributed by atoms with E-state index in [0.29, 0.717) is 34.5 Å². The number of H-pyrrole nitrogens is 1. The molecule has 1 aromatic carbocycles. The molecule has 1 saturated heterocycles. The standard InChI is InChI=1S/C23H22N2O8/c26-11-16-19(27)20(28)21(29)23(33-16)32-13-7-5-12(6-8-13)22-24-17(14-3-1-9-30-14)18(25-22)15-4-2-10-31-15/h1-10,16,19-21,23,26-29H,11H2,(H,24,25). The summed E-state index contributed by atoms with van der Waals surface area (Å²) in [4.78, 5) is 7.93. The van der Waals surface area contributed by atoms with E-state index in [9.17, 15) is 20.4 Å². The number of aromatic nitrogens is 2. The zero-order valence-corrected chi connectivity index (χ0v) is 17.2. The molecular formula is C23H22N2O8. The summed E-state index contributed by atoms with van der Waals surface area (Å²) in [6.07, 6.45) is -3.60. The van der Waals surface area contributed by atoms with Crippen molar-refractivity contribution in [3.63, 3.8) is 0 Å². The van der Waals surface area contributed by atoms with Gasteiger partial charge in [-0.25, -0.2) is 4.98 Å². The first-order valence-electron chi connectivity index (χ1n) is 10.3. The maximum absolute atomic E-state index is 10.2. The molecule has 33 heavy (non-hydrogen) atoms. The molecule has 4 heterocycles. The van der Waals surface area contributed by atoms with Gasteiger partial charge in [-0.2, -0.15) is 0 Å². The van der Waals surface area contributed by atoms with Crippen molar-refractivity contribution in [2.45, 2.75) is 30.7 Å². The molecule has 5 atom stereocenters. The van der Waals surface area contributed by atoms with Crippen LogP contribution in [0, 0.1) is 0 Å². The molecule has 3 aromatic heterocycles. The molecule has 0 radical (unpaired) electrons. The minimum atomic E-state index is -1.51. The van der Waals surface area contributed by atoms with Crippen LogP contribution in [0.4, 0.5) is 0 Å². The Morgan fingerprint density at radius 3 is 2.21 bits per heavy atom. The second-order valence-corrected chi connectivity index (χ2v) is 7.60. The molecule has 1 aliphatic heterocycles. The summed E-state index contributed by atoms with van der Waals surface area (Å²) in [7, 11) is 0. The van der Waals surface area contributed by atoms with Crippen LogP contribution >= 0.6 is 0 Å². The highest BCUT2D eigenvalue weighted by atomic mass is 16.7. The molecule has 10 nitrogen and oxygen atoms in total. The highest BCUT2D eigenvalue weighted by molar-refractivity contribution is 5.76. The van der Waals surface area contributed by atoms with Gasteiger partial charge in [0.2, 0.25) is 6.29 Å². The lowest BCUT2D eigenvalue weighted by molar-refractivity contribution is -0.277. The number of aliphatic hydroxyl groups is 4. The molecule has 5 rings (SSSR count). The highest BCUT2D eigenvalue weighted by Gasteiger charge is 2.44. The zero-order chi connectivity index (χ0) is 22.9. The molecule has 1 fully saturated rings. The molecule has 0 spiro atoms. The minimum absolute atomic E-state index is 0.354. The van der Waals surface area contributed by atoms with E-state index in [0.717, 1.165) is 5.56 Å². The van der Waals surface area contributed by atoms with Gasteiger partial charge in [0.15, 0.2) is 11.5 Å². The fourth-order valence-corrected chi connectivity index (χ4v) is 3.69. The van der Waals surface area contributed by atoms with E-state index in [2.05, 4.69) is 9.97 Å². The van der Waals surface area contributed by atoms with Gasteiger partial charge < -0.3 is 43.7 Å². The number of ether oxygens (including phenoxy) is 2. The smallest absolute Gasteiger partial charge is 0.229 e. The van der Waals surface area contributed by atoms with E-state index in [1.807, 2.05) is 12.1 Å². The molecule has 1 aliphatic rings. The minimum Gasteiger partial charge on any atom is -0.463 e. The number of aliphatic hydroxyl groups excluding tert-OH is 4. The van der Waals surface area contributed by atoms with Crippen LogP contribution in [0.2, 0.25) is 0 Å². The maximum atomic E-state index is 10.2. The van der Waals surface area contributed by atoms with Gasteiger partial charge in [0, 0.05) is 5.56 Å². The Bertz CT molecular complexity index is 1120. The van der Waals surface area contributed by atoms with E-state index >= 15 is 0 Å². The SMILES string of the molecule is OCC1OC(Oc2ccc(-c3nc(-c4ccco4)c(-c4ccco4)[nH]3)cc2)C(O)C(O)C1O. The quantitative estimate of drug-likeness (QED) is 0.293. The average molecular weight is 454 g/mol. The number of benzene rings is 1. The number of imidazole rings is 1. The molecule has 4 aromatic rings. The van der Waals surface area contributed by atoms with Crippen molar-refractivity contribution in [3.05, 3.63) is 61.1 Å². The van der Waals surface area contributed by atoms with Gasteiger partial charge in [0.1, 0.15) is 47.4 Å². The van der Waals surface area contributed by atoms with E-state index in [4.69, 9.17) is 18.3 Å². The first kappa shape index (κ1) is 21.4. The molecule has 0 amide bonds. The third-order valence-electron chi connectivity index (χ3n) is 5.45. The Kier molecular flexibility index (Phi) is 5.75. The van der Waals surface area contributed by atoms with Crippen molar-refractivity contribution in [1.29, 1.82) is 0 Å². The van der Waals surface area contributed by atoms with Crippen LogP contribution in [-0.4, -0.2) is 67.7 Å². The van der Waals surface area contributed by atoms with Crippen LogP contribution in [0.25, 0.3) is 34.3 Å². The first-order chi connectivity index (χ1) is 16.0. The van der Waals surface area contributed by atoms with Gasteiger partial charge in [-0.05, 0) is 48.5 Å². The molecule has 5 N–H and O–H groups in total. The summed E-state index contributed by atoms with van der Waals surface area (Å²) < 4.78 is 22.1. The molecule has 5 unspecified atom stereocenters. The second kappa shape index (κ2) is 8.85. The number of hydrogen-bond donors (Lipinski definition) is 5. The van der Waals surface area contributed by atoms with Crippen LogP contribution in [0.5, 0.6) is 5.75 Å². The number of rotatable bonds is 6. The Morgan fingerprint density at radius 1 is 0.879 bits per heavy atom. The highest BCUT2D eigenvalue weighted by Crippen LogP contribution is 2.34. The van der Waals surface area contributed by atoms with Gasteiger partial charge in [-0.15, -0.1) is 0 Å². The lowest BCUT2D eigenvalue weighted by atomic mass is 9.99. The van der Waals surface area contributed by atoms with Crippen LogP contribution in [0.3, 0.4) is 0 Å². The monoisotopic (exact) mass is 454 g/mol. The summed E-state index contributed by atoms with van der Waals surface area (Å²) in [6, 6.07) is 14.0. The second-order valence-electron chi connectivity index (χ2n) is 7.60. The lowest BCUT2D eigenvalue weighted by Crippen LogP contribution is -2.60. The van der Waals surface area contributed by atoms with Gasteiger partial charge >= 0.3 is 0 Å². The third kappa shape index (κ3) is 4.06. The topological polar surface area (TPSA) is 154 Å². The number of hydrogen-bond acceptors (Lipinski definition) is 9. The zero-order valence-electron chi connectivity index (χ0n) is 17.2. The van der Waals surface area contributed by atoms with Gasteiger partial charge in [0.25, 0.3) is 0 Å². The normalized spacial score (nSPS) is 25.3. The van der Waals surface area contributed by atoms with Crippen LogP contribution in [-0.2, 0) is 4.74 Å². The summed E-state index contributed by atoms with van der Waals surface area (Å²) in [5, 5.41) is 39.3. The predicted molar refractivity (Wildman–Crippen MR) is 114 cm³/mol. The molecular weight excluding hydrogens is 432 g/mol. The van der Waals surface area contributed by atoms with Crippen molar-refractivity contribution >= 4 is 0 Å². The Morgan fingerprint density at radius 2 is 1.58 bits per heavy atom. The summed E-state index contributed by atoms with van der Waals surface area (Å²) in [5.41, 5.74) is 2.03.